The van der Waals surface area contributed by atoms with Crippen LogP contribution in [-0.4, -0.2) is 61.0 Å². The van der Waals surface area contributed by atoms with Gasteiger partial charge in [-0.3, -0.25) is 10.2 Å². The number of amides is 2. The molecular formula is C24H27N5O5. The van der Waals surface area contributed by atoms with Gasteiger partial charge in [0.15, 0.2) is 17.3 Å². The number of piperidine rings is 1. The van der Waals surface area contributed by atoms with Gasteiger partial charge in [0.05, 0.1) is 25.3 Å². The molecule has 2 N–H and O–H groups in total. The van der Waals surface area contributed by atoms with Crippen LogP contribution in [0, 0.1) is 0 Å². The second-order valence-corrected chi connectivity index (χ2v) is 8.27. The number of carbonyl (C=O) groups excluding carboxylic acids is 1. The molecule has 3 aromatic rings. The van der Waals surface area contributed by atoms with Gasteiger partial charge in [-0.15, -0.1) is 0 Å². The predicted molar refractivity (Wildman–Crippen MR) is 126 cm³/mol. The molecule has 0 atom stereocenters. The van der Waals surface area contributed by atoms with Gasteiger partial charge in [-0.25, -0.2) is 14.8 Å². The maximum atomic E-state index is 12.7. The Morgan fingerprint density at radius 3 is 2.65 bits per heavy atom. The van der Waals surface area contributed by atoms with Crippen LogP contribution in [0.4, 0.5) is 10.6 Å². The summed E-state index contributed by atoms with van der Waals surface area (Å²) in [5.74, 6) is 2.79. The fourth-order valence-electron chi connectivity index (χ4n) is 4.23. The molecule has 1 saturated heterocycles. The van der Waals surface area contributed by atoms with E-state index in [2.05, 4.69) is 31.6 Å². The Kier molecular flexibility index (Phi) is 6.22. The third-order valence-electron chi connectivity index (χ3n) is 6.03. The highest BCUT2D eigenvalue weighted by Gasteiger charge is 2.23. The van der Waals surface area contributed by atoms with Crippen molar-refractivity contribution in [1.29, 1.82) is 0 Å². The first-order chi connectivity index (χ1) is 16.6. The van der Waals surface area contributed by atoms with E-state index in [1.807, 2.05) is 12.1 Å². The highest BCUT2D eigenvalue weighted by molar-refractivity contribution is 5.91. The number of fused-ring (bicyclic) bond motifs is 2. The van der Waals surface area contributed by atoms with Crippen molar-refractivity contribution in [2.45, 2.75) is 25.4 Å². The molecule has 178 valence electrons. The molecule has 1 aromatic heterocycles. The summed E-state index contributed by atoms with van der Waals surface area (Å²) in [5, 5.41) is 5.83. The van der Waals surface area contributed by atoms with Crippen molar-refractivity contribution in [3.8, 4) is 23.1 Å². The zero-order valence-corrected chi connectivity index (χ0v) is 19.2. The van der Waals surface area contributed by atoms with Crippen molar-refractivity contribution in [2.24, 2.45) is 0 Å². The van der Waals surface area contributed by atoms with E-state index < -0.39 is 0 Å². The van der Waals surface area contributed by atoms with Crippen LogP contribution in [0.15, 0.2) is 36.4 Å². The molecule has 1 fully saturated rings. The Bertz CT molecular complexity index is 1200. The molecule has 34 heavy (non-hydrogen) atoms. The third-order valence-corrected chi connectivity index (χ3v) is 6.03. The van der Waals surface area contributed by atoms with Gasteiger partial charge in [0.1, 0.15) is 5.75 Å². The van der Waals surface area contributed by atoms with Gasteiger partial charge in [0, 0.05) is 31.7 Å². The third kappa shape index (κ3) is 4.76. The molecule has 10 nitrogen and oxygen atoms in total. The number of hydrogen-bond donors (Lipinski definition) is 2. The lowest BCUT2D eigenvalue weighted by Gasteiger charge is -2.32. The number of hydrogen-bond acceptors (Lipinski definition) is 8. The van der Waals surface area contributed by atoms with E-state index in [1.165, 1.54) is 12.7 Å². The Labute approximate surface area is 197 Å². The maximum Gasteiger partial charge on any atom is 0.320 e. The fourth-order valence-corrected chi connectivity index (χ4v) is 4.23. The number of benzene rings is 2. The second-order valence-electron chi connectivity index (χ2n) is 8.27. The average Bonchev–Trinajstić information content (AvgIpc) is 3.32. The molecule has 3 heterocycles. The fraction of sp³-hybridized carbons (Fsp3) is 0.375. The van der Waals surface area contributed by atoms with Crippen LogP contribution in [0.2, 0.25) is 0 Å². The second kappa shape index (κ2) is 9.60. The highest BCUT2D eigenvalue weighted by atomic mass is 16.7. The summed E-state index contributed by atoms with van der Waals surface area (Å²) in [5.41, 5.74) is 2.44. The number of nitrogens with one attached hydrogen (secondary N) is 2. The number of methoxy groups -OCH3 is 2. The molecule has 10 heteroatoms. The molecule has 0 aliphatic carbocycles. The van der Waals surface area contributed by atoms with Crippen LogP contribution >= 0.6 is 0 Å². The van der Waals surface area contributed by atoms with Gasteiger partial charge >= 0.3 is 6.03 Å². The number of aromatic nitrogens is 2. The SMILES string of the molecule is COc1ccc2nc(NC(=O)NC3CCN(Cc4ccc5c(c4)OCO5)CC3)c(OC)nc2c1. The number of likely N-dealkylation sites (tertiary alicyclic amines) is 1. The zero-order valence-electron chi connectivity index (χ0n) is 19.2. The molecule has 0 unspecified atom stereocenters. The predicted octanol–water partition coefficient (Wildman–Crippen LogP) is 3.16. The lowest BCUT2D eigenvalue weighted by molar-refractivity contribution is 0.173. The summed E-state index contributed by atoms with van der Waals surface area (Å²) >= 11 is 0. The number of nitrogens with zero attached hydrogens (tertiary/aromatic N) is 3. The Balaban J connectivity index is 1.15. The Hall–Kier alpha value is -3.79. The van der Waals surface area contributed by atoms with Crippen molar-refractivity contribution < 1.29 is 23.7 Å². The minimum Gasteiger partial charge on any atom is -0.497 e. The highest BCUT2D eigenvalue weighted by Crippen LogP contribution is 2.33. The van der Waals surface area contributed by atoms with Crippen LogP contribution < -0.4 is 29.6 Å². The van der Waals surface area contributed by atoms with Crippen LogP contribution in [0.5, 0.6) is 23.1 Å². The average molecular weight is 466 g/mol. The topological polar surface area (TPSA) is 107 Å². The lowest BCUT2D eigenvalue weighted by Crippen LogP contribution is -2.45. The van der Waals surface area contributed by atoms with Crippen molar-refractivity contribution in [1.82, 2.24) is 20.2 Å². The maximum absolute atomic E-state index is 12.7. The first-order valence-corrected chi connectivity index (χ1v) is 11.2. The van der Waals surface area contributed by atoms with Gasteiger partial charge in [-0.2, -0.15) is 0 Å². The van der Waals surface area contributed by atoms with E-state index in [4.69, 9.17) is 18.9 Å². The number of carbonyl (C=O) groups is 1. The van der Waals surface area contributed by atoms with E-state index in [0.717, 1.165) is 44.0 Å². The van der Waals surface area contributed by atoms with Gasteiger partial charge in [-0.05, 0) is 42.7 Å². The van der Waals surface area contributed by atoms with E-state index in [0.29, 0.717) is 16.8 Å². The molecule has 0 spiro atoms. The smallest absolute Gasteiger partial charge is 0.320 e. The van der Waals surface area contributed by atoms with E-state index in [1.54, 1.807) is 25.3 Å². The normalized spacial score (nSPS) is 15.8. The number of anilines is 1. The van der Waals surface area contributed by atoms with Crippen LogP contribution in [0.1, 0.15) is 18.4 Å². The van der Waals surface area contributed by atoms with E-state index in [9.17, 15) is 4.79 Å². The minimum absolute atomic E-state index is 0.0803. The van der Waals surface area contributed by atoms with Gasteiger partial charge < -0.3 is 24.3 Å². The quantitative estimate of drug-likeness (QED) is 0.572. The zero-order chi connectivity index (χ0) is 23.5. The van der Waals surface area contributed by atoms with Gasteiger partial charge in [0.25, 0.3) is 5.88 Å². The Morgan fingerprint density at radius 2 is 1.85 bits per heavy atom. The van der Waals surface area contributed by atoms with Gasteiger partial charge in [-0.1, -0.05) is 6.07 Å². The molecular weight excluding hydrogens is 438 g/mol. The summed E-state index contributed by atoms with van der Waals surface area (Å²) in [6, 6.07) is 11.2. The molecule has 0 bridgehead atoms. The minimum atomic E-state index is -0.324. The van der Waals surface area contributed by atoms with Crippen molar-refractivity contribution in [2.75, 3.05) is 39.4 Å². The first kappa shape index (κ1) is 22.0. The molecule has 5 rings (SSSR count). The monoisotopic (exact) mass is 465 g/mol. The van der Waals surface area contributed by atoms with Crippen LogP contribution in [0.25, 0.3) is 11.0 Å². The molecule has 2 aromatic carbocycles. The summed E-state index contributed by atoms with van der Waals surface area (Å²) in [7, 11) is 3.09. The number of ether oxygens (including phenoxy) is 4. The van der Waals surface area contributed by atoms with Crippen molar-refractivity contribution in [3.05, 3.63) is 42.0 Å². The van der Waals surface area contributed by atoms with Crippen molar-refractivity contribution in [3.63, 3.8) is 0 Å². The van der Waals surface area contributed by atoms with Crippen LogP contribution in [-0.2, 0) is 6.54 Å². The molecule has 0 radical (unpaired) electrons. The molecule has 2 aliphatic rings. The number of rotatable bonds is 6. The van der Waals surface area contributed by atoms with Crippen LogP contribution in [0.3, 0.4) is 0 Å². The summed E-state index contributed by atoms with van der Waals surface area (Å²) in [6.07, 6.45) is 1.72. The van der Waals surface area contributed by atoms with E-state index >= 15 is 0 Å². The standard InChI is InChI=1S/C24H27N5O5/c1-31-17-4-5-18-19(12-17)27-23(32-2)22(26-18)28-24(30)25-16-7-9-29(10-8-16)13-15-3-6-20-21(11-15)34-14-33-20/h3-6,11-12,16H,7-10,13-14H2,1-2H3,(H2,25,26,28,30). The summed E-state index contributed by atoms with van der Waals surface area (Å²) in [4.78, 5) is 24.0. The Morgan fingerprint density at radius 1 is 1.03 bits per heavy atom. The first-order valence-electron chi connectivity index (χ1n) is 11.2. The lowest BCUT2D eigenvalue weighted by atomic mass is 10.0. The molecule has 2 aliphatic heterocycles. The number of urea groups is 1. The summed E-state index contributed by atoms with van der Waals surface area (Å²) < 4.78 is 21.4. The van der Waals surface area contributed by atoms with Gasteiger partial charge in [0.2, 0.25) is 6.79 Å². The van der Waals surface area contributed by atoms with Crippen molar-refractivity contribution >= 4 is 22.9 Å². The molecule has 0 saturated carbocycles. The largest absolute Gasteiger partial charge is 0.497 e. The van der Waals surface area contributed by atoms with E-state index in [-0.39, 0.29) is 30.6 Å². The summed E-state index contributed by atoms with van der Waals surface area (Å²) in [6.45, 7) is 2.90. The molecule has 2 amide bonds.